The van der Waals surface area contributed by atoms with Crippen molar-refractivity contribution >= 4 is 12.0 Å². The molecule has 0 aromatic heterocycles. The first-order valence-corrected chi connectivity index (χ1v) is 6.39. The number of nitrogens with one attached hydrogen (secondary N) is 1. The van der Waals surface area contributed by atoms with Crippen LogP contribution in [0, 0.1) is 5.82 Å². The fourth-order valence-corrected chi connectivity index (χ4v) is 1.79. The van der Waals surface area contributed by atoms with Gasteiger partial charge in [-0.1, -0.05) is 25.1 Å². The largest absolute Gasteiger partial charge is 0.480 e. The molecule has 20 heavy (non-hydrogen) atoms. The van der Waals surface area contributed by atoms with Gasteiger partial charge in [0.1, 0.15) is 11.9 Å². The molecule has 0 aliphatic heterocycles. The predicted octanol–water partition coefficient (Wildman–Crippen LogP) is 2.39. The molecule has 0 saturated heterocycles. The first kappa shape index (κ1) is 15.9. The Kier molecular flexibility index (Phi) is 5.49. The Balaban J connectivity index is 2.79. The van der Waals surface area contributed by atoms with E-state index in [0.29, 0.717) is 5.56 Å². The number of amides is 2. The monoisotopic (exact) mass is 282 g/mol. The highest BCUT2D eigenvalue weighted by molar-refractivity contribution is 5.82. The Morgan fingerprint density at radius 2 is 2.00 bits per heavy atom. The number of halogens is 1. The van der Waals surface area contributed by atoms with Gasteiger partial charge in [-0.25, -0.2) is 14.0 Å². The number of hydrogen-bond donors (Lipinski definition) is 2. The third kappa shape index (κ3) is 3.69. The van der Waals surface area contributed by atoms with E-state index in [-0.39, 0.29) is 6.42 Å². The molecule has 0 radical (unpaired) electrons. The molecule has 2 amide bonds. The standard InChI is InChI=1S/C14H19FN2O3/c1-4-12(13(18)19)16-14(20)17(3)9(2)10-7-5-6-8-11(10)15/h5-9,12H,4H2,1-3H3,(H,16,20)(H,18,19)/t9?,12-/m0/s1. The highest BCUT2D eigenvalue weighted by Gasteiger charge is 2.24. The Morgan fingerprint density at radius 3 is 2.50 bits per heavy atom. The van der Waals surface area contributed by atoms with Crippen LogP contribution in [-0.4, -0.2) is 35.1 Å². The molecule has 0 spiro atoms. The van der Waals surface area contributed by atoms with Gasteiger partial charge in [0.25, 0.3) is 0 Å². The van der Waals surface area contributed by atoms with Crippen molar-refractivity contribution < 1.29 is 19.1 Å². The van der Waals surface area contributed by atoms with Crippen LogP contribution in [0.5, 0.6) is 0 Å². The maximum atomic E-state index is 13.7. The van der Waals surface area contributed by atoms with Crippen LogP contribution >= 0.6 is 0 Å². The number of carbonyl (C=O) groups excluding carboxylic acids is 1. The lowest BCUT2D eigenvalue weighted by atomic mass is 10.1. The molecule has 0 aliphatic carbocycles. The average Bonchev–Trinajstić information content (AvgIpc) is 2.43. The third-order valence-corrected chi connectivity index (χ3v) is 3.26. The Bertz CT molecular complexity index is 493. The lowest BCUT2D eigenvalue weighted by Crippen LogP contribution is -2.47. The smallest absolute Gasteiger partial charge is 0.326 e. The minimum atomic E-state index is -1.09. The van der Waals surface area contributed by atoms with Crippen molar-refractivity contribution in [1.82, 2.24) is 10.2 Å². The van der Waals surface area contributed by atoms with E-state index in [0.717, 1.165) is 0 Å². The van der Waals surface area contributed by atoms with E-state index in [2.05, 4.69) is 5.32 Å². The number of carboxylic acids is 1. The highest BCUT2D eigenvalue weighted by atomic mass is 19.1. The van der Waals surface area contributed by atoms with Crippen molar-refractivity contribution in [3.8, 4) is 0 Å². The van der Waals surface area contributed by atoms with Gasteiger partial charge in [0.15, 0.2) is 0 Å². The van der Waals surface area contributed by atoms with Crippen LogP contribution in [0.25, 0.3) is 0 Å². The molecule has 1 aromatic carbocycles. The molecule has 0 aliphatic rings. The van der Waals surface area contributed by atoms with E-state index in [1.54, 1.807) is 32.0 Å². The van der Waals surface area contributed by atoms with E-state index in [1.807, 2.05) is 0 Å². The summed E-state index contributed by atoms with van der Waals surface area (Å²) in [4.78, 5) is 24.1. The minimum absolute atomic E-state index is 0.281. The molecule has 0 bridgehead atoms. The molecular weight excluding hydrogens is 263 g/mol. The van der Waals surface area contributed by atoms with Gasteiger partial charge in [-0.15, -0.1) is 0 Å². The highest BCUT2D eigenvalue weighted by Crippen LogP contribution is 2.21. The Hall–Kier alpha value is -2.11. The van der Waals surface area contributed by atoms with Gasteiger partial charge in [0.05, 0.1) is 6.04 Å². The second kappa shape index (κ2) is 6.88. The molecule has 6 heteroatoms. The number of rotatable bonds is 5. The van der Waals surface area contributed by atoms with Crippen molar-refractivity contribution in [2.45, 2.75) is 32.4 Å². The van der Waals surface area contributed by atoms with Crippen molar-refractivity contribution in [2.75, 3.05) is 7.05 Å². The lowest BCUT2D eigenvalue weighted by Gasteiger charge is -2.27. The molecule has 1 rings (SSSR count). The number of hydrogen-bond acceptors (Lipinski definition) is 2. The summed E-state index contributed by atoms with van der Waals surface area (Å²) in [5, 5.41) is 11.3. The summed E-state index contributed by atoms with van der Waals surface area (Å²) in [6, 6.07) is 4.19. The molecular formula is C14H19FN2O3. The lowest BCUT2D eigenvalue weighted by molar-refractivity contribution is -0.139. The molecule has 0 heterocycles. The van der Waals surface area contributed by atoms with Gasteiger partial charge in [0, 0.05) is 12.6 Å². The molecule has 2 N–H and O–H groups in total. The molecule has 5 nitrogen and oxygen atoms in total. The van der Waals surface area contributed by atoms with E-state index < -0.39 is 29.9 Å². The van der Waals surface area contributed by atoms with Crippen molar-refractivity contribution in [2.24, 2.45) is 0 Å². The van der Waals surface area contributed by atoms with Crippen LogP contribution in [0.2, 0.25) is 0 Å². The van der Waals surface area contributed by atoms with E-state index in [1.165, 1.54) is 18.0 Å². The van der Waals surface area contributed by atoms with Crippen LogP contribution < -0.4 is 5.32 Å². The van der Waals surface area contributed by atoms with Crippen LogP contribution in [0.4, 0.5) is 9.18 Å². The molecule has 110 valence electrons. The van der Waals surface area contributed by atoms with Crippen molar-refractivity contribution in [3.05, 3.63) is 35.6 Å². The molecule has 0 fully saturated rings. The van der Waals surface area contributed by atoms with Gasteiger partial charge < -0.3 is 15.3 Å². The number of aliphatic carboxylic acids is 1. The first-order chi connectivity index (χ1) is 9.38. The van der Waals surface area contributed by atoms with Gasteiger partial charge in [-0.3, -0.25) is 0 Å². The fourth-order valence-electron chi connectivity index (χ4n) is 1.79. The zero-order valence-electron chi connectivity index (χ0n) is 11.8. The van der Waals surface area contributed by atoms with Crippen LogP contribution in [0.3, 0.4) is 0 Å². The summed E-state index contributed by atoms with van der Waals surface area (Å²) in [7, 11) is 1.50. The first-order valence-electron chi connectivity index (χ1n) is 6.39. The molecule has 2 atom stereocenters. The minimum Gasteiger partial charge on any atom is -0.480 e. The molecule has 0 saturated carbocycles. The summed E-state index contributed by atoms with van der Waals surface area (Å²) in [6.07, 6.45) is 0.281. The number of urea groups is 1. The van der Waals surface area contributed by atoms with E-state index in [4.69, 9.17) is 5.11 Å². The maximum absolute atomic E-state index is 13.7. The van der Waals surface area contributed by atoms with E-state index in [9.17, 15) is 14.0 Å². The number of nitrogens with zero attached hydrogens (tertiary/aromatic N) is 1. The summed E-state index contributed by atoms with van der Waals surface area (Å²) < 4.78 is 13.7. The summed E-state index contributed by atoms with van der Waals surface area (Å²) in [5.74, 6) is -1.49. The second-order valence-electron chi connectivity index (χ2n) is 4.56. The SMILES string of the molecule is CC[C@H](NC(=O)N(C)C(C)c1ccccc1F)C(=O)O. The molecule has 1 aromatic rings. The number of carboxylic acid groups (broad SMARTS) is 1. The zero-order chi connectivity index (χ0) is 15.3. The molecule has 1 unspecified atom stereocenters. The maximum Gasteiger partial charge on any atom is 0.326 e. The van der Waals surface area contributed by atoms with Gasteiger partial charge >= 0.3 is 12.0 Å². The summed E-state index contributed by atoms with van der Waals surface area (Å²) >= 11 is 0. The third-order valence-electron chi connectivity index (χ3n) is 3.26. The summed E-state index contributed by atoms with van der Waals surface area (Å²) in [5.41, 5.74) is 0.383. The summed E-state index contributed by atoms with van der Waals surface area (Å²) in [6.45, 7) is 3.35. The fraction of sp³-hybridized carbons (Fsp3) is 0.429. The van der Waals surface area contributed by atoms with Crippen LogP contribution in [0.1, 0.15) is 31.9 Å². The van der Waals surface area contributed by atoms with Crippen LogP contribution in [0.15, 0.2) is 24.3 Å². The quantitative estimate of drug-likeness (QED) is 0.871. The predicted molar refractivity (Wildman–Crippen MR) is 72.8 cm³/mol. The Morgan fingerprint density at radius 1 is 1.40 bits per heavy atom. The number of benzene rings is 1. The van der Waals surface area contributed by atoms with Gasteiger partial charge in [-0.05, 0) is 19.4 Å². The Labute approximate surface area is 117 Å². The zero-order valence-corrected chi connectivity index (χ0v) is 11.8. The number of carbonyl (C=O) groups is 2. The normalized spacial score (nSPS) is 13.4. The van der Waals surface area contributed by atoms with Crippen LogP contribution in [-0.2, 0) is 4.79 Å². The van der Waals surface area contributed by atoms with Crippen molar-refractivity contribution in [1.29, 1.82) is 0 Å². The topological polar surface area (TPSA) is 69.6 Å². The second-order valence-corrected chi connectivity index (χ2v) is 4.56. The van der Waals surface area contributed by atoms with Gasteiger partial charge in [-0.2, -0.15) is 0 Å². The van der Waals surface area contributed by atoms with Gasteiger partial charge in [0.2, 0.25) is 0 Å². The van der Waals surface area contributed by atoms with Crippen molar-refractivity contribution in [3.63, 3.8) is 0 Å². The average molecular weight is 282 g/mol. The van der Waals surface area contributed by atoms with E-state index >= 15 is 0 Å².